The van der Waals surface area contributed by atoms with Gasteiger partial charge in [-0.3, -0.25) is 4.90 Å². The maximum absolute atomic E-state index is 11.1. The van der Waals surface area contributed by atoms with Crippen molar-refractivity contribution in [1.82, 2.24) is 4.90 Å². The van der Waals surface area contributed by atoms with Gasteiger partial charge in [0, 0.05) is 25.0 Å². The Hall–Kier alpha value is -0.410. The summed E-state index contributed by atoms with van der Waals surface area (Å²) in [4.78, 5) is 13.3. The van der Waals surface area contributed by atoms with Gasteiger partial charge in [0.15, 0.2) is 0 Å². The van der Waals surface area contributed by atoms with Gasteiger partial charge in [0.2, 0.25) is 0 Å². The van der Waals surface area contributed by atoms with Crippen LogP contribution in [-0.4, -0.2) is 41.5 Å². The van der Waals surface area contributed by atoms with Gasteiger partial charge in [-0.05, 0) is 19.8 Å². The van der Waals surface area contributed by atoms with Crippen LogP contribution in [0.15, 0.2) is 0 Å². The second-order valence-corrected chi connectivity index (χ2v) is 5.48. The summed E-state index contributed by atoms with van der Waals surface area (Å²) < 4.78 is 0. The summed E-state index contributed by atoms with van der Waals surface area (Å²) in [5.41, 5.74) is -0.800. The fourth-order valence-corrected chi connectivity index (χ4v) is 2.43. The van der Waals surface area contributed by atoms with Gasteiger partial charge in [0.1, 0.15) is 6.29 Å². The number of hydrogen-bond donors (Lipinski definition) is 1. The van der Waals surface area contributed by atoms with Crippen LogP contribution in [0.2, 0.25) is 0 Å². The molecule has 0 saturated carbocycles. The molecule has 1 rings (SSSR count). The molecule has 15 heavy (non-hydrogen) atoms. The number of carbonyl (C=O) groups excluding carboxylic acids is 1. The molecule has 0 bridgehead atoms. The van der Waals surface area contributed by atoms with Crippen LogP contribution in [0.4, 0.5) is 0 Å². The van der Waals surface area contributed by atoms with Gasteiger partial charge in [-0.1, -0.05) is 20.3 Å². The molecule has 1 heterocycles. The minimum Gasteiger partial charge on any atom is -0.389 e. The summed E-state index contributed by atoms with van der Waals surface area (Å²) in [5, 5.41) is 9.83. The highest BCUT2D eigenvalue weighted by Crippen LogP contribution is 2.27. The highest BCUT2D eigenvalue weighted by Gasteiger charge is 2.35. The summed E-state index contributed by atoms with van der Waals surface area (Å²) in [6, 6.07) is 0. The van der Waals surface area contributed by atoms with Crippen molar-refractivity contribution in [2.45, 2.75) is 45.6 Å². The molecule has 0 aromatic heterocycles. The highest BCUT2D eigenvalue weighted by molar-refractivity contribution is 5.59. The Labute approximate surface area is 92.5 Å². The quantitative estimate of drug-likeness (QED) is 0.703. The van der Waals surface area contributed by atoms with Crippen molar-refractivity contribution in [3.63, 3.8) is 0 Å². The monoisotopic (exact) mass is 213 g/mol. The fourth-order valence-electron chi connectivity index (χ4n) is 2.43. The third-order valence-corrected chi connectivity index (χ3v) is 3.22. The van der Waals surface area contributed by atoms with Gasteiger partial charge < -0.3 is 9.90 Å². The van der Waals surface area contributed by atoms with Crippen LogP contribution in [-0.2, 0) is 4.79 Å². The van der Waals surface area contributed by atoms with E-state index in [0.717, 1.165) is 38.6 Å². The summed E-state index contributed by atoms with van der Waals surface area (Å²) in [5.74, 6) is 0. The Bertz CT molecular complexity index is 228. The summed E-state index contributed by atoms with van der Waals surface area (Å²) in [6.07, 6.45) is 3.84. The lowest BCUT2D eigenvalue weighted by molar-refractivity contribution is -0.116. The first kappa shape index (κ1) is 12.7. The number of carbonyl (C=O) groups is 1. The zero-order valence-corrected chi connectivity index (χ0v) is 10.1. The van der Waals surface area contributed by atoms with Gasteiger partial charge in [0.25, 0.3) is 0 Å². The Morgan fingerprint density at radius 2 is 2.27 bits per heavy atom. The van der Waals surface area contributed by atoms with E-state index in [1.807, 2.05) is 13.8 Å². The fraction of sp³-hybridized carbons (Fsp3) is 0.917. The summed E-state index contributed by atoms with van der Waals surface area (Å²) in [6.45, 7) is 8.35. The number of aldehydes is 1. The van der Waals surface area contributed by atoms with Crippen molar-refractivity contribution in [2.24, 2.45) is 5.41 Å². The molecule has 1 aliphatic heterocycles. The molecule has 88 valence electrons. The van der Waals surface area contributed by atoms with Gasteiger partial charge in [-0.25, -0.2) is 0 Å². The number of likely N-dealkylation sites (tertiary alicyclic amines) is 1. The molecule has 1 fully saturated rings. The molecule has 1 N–H and O–H groups in total. The van der Waals surface area contributed by atoms with E-state index in [2.05, 4.69) is 11.8 Å². The average Bonchev–Trinajstić information content (AvgIpc) is 2.46. The van der Waals surface area contributed by atoms with Crippen LogP contribution in [0.3, 0.4) is 0 Å². The molecular formula is C12H23NO2. The van der Waals surface area contributed by atoms with Crippen molar-refractivity contribution in [1.29, 1.82) is 0 Å². The van der Waals surface area contributed by atoms with Crippen LogP contribution in [0, 0.1) is 5.41 Å². The lowest BCUT2D eigenvalue weighted by Crippen LogP contribution is -2.38. The van der Waals surface area contributed by atoms with Crippen molar-refractivity contribution < 1.29 is 9.90 Å². The first-order chi connectivity index (χ1) is 6.91. The van der Waals surface area contributed by atoms with E-state index in [4.69, 9.17) is 0 Å². The van der Waals surface area contributed by atoms with Crippen molar-refractivity contribution >= 4 is 6.29 Å². The second kappa shape index (κ2) is 4.62. The Kier molecular flexibility index (Phi) is 3.90. The zero-order valence-electron chi connectivity index (χ0n) is 10.1. The lowest BCUT2D eigenvalue weighted by atomic mass is 9.87. The second-order valence-electron chi connectivity index (χ2n) is 5.48. The minimum absolute atomic E-state index is 0.241. The van der Waals surface area contributed by atoms with Crippen LogP contribution >= 0.6 is 0 Å². The van der Waals surface area contributed by atoms with E-state index < -0.39 is 5.60 Å². The zero-order chi connectivity index (χ0) is 11.5. The SMILES string of the molecule is CCCC(C)(C=O)CN1CCC(C)(O)C1. The predicted octanol–water partition coefficient (Wildman–Crippen LogP) is 1.45. The van der Waals surface area contributed by atoms with Gasteiger partial charge >= 0.3 is 0 Å². The topological polar surface area (TPSA) is 40.5 Å². The standard InChI is InChI=1S/C12H23NO2/c1-4-5-11(2,10-14)8-13-7-6-12(3,15)9-13/h10,15H,4-9H2,1-3H3. The molecule has 0 aromatic rings. The van der Waals surface area contributed by atoms with E-state index in [1.165, 1.54) is 0 Å². The van der Waals surface area contributed by atoms with E-state index in [1.54, 1.807) is 0 Å². The smallest absolute Gasteiger partial charge is 0.127 e. The van der Waals surface area contributed by atoms with Crippen molar-refractivity contribution in [3.8, 4) is 0 Å². The molecule has 2 unspecified atom stereocenters. The molecule has 3 heteroatoms. The summed E-state index contributed by atoms with van der Waals surface area (Å²) in [7, 11) is 0. The van der Waals surface area contributed by atoms with Crippen molar-refractivity contribution in [2.75, 3.05) is 19.6 Å². The molecule has 0 amide bonds. The van der Waals surface area contributed by atoms with Gasteiger partial charge in [-0.2, -0.15) is 0 Å². The molecular weight excluding hydrogens is 190 g/mol. The first-order valence-corrected chi connectivity index (χ1v) is 5.82. The maximum Gasteiger partial charge on any atom is 0.127 e. The number of β-amino-alcohol motifs (C(OH)–C–C–N with tert-alkyl or cyclic N) is 1. The third-order valence-electron chi connectivity index (χ3n) is 3.22. The summed E-state index contributed by atoms with van der Waals surface area (Å²) >= 11 is 0. The van der Waals surface area contributed by atoms with Gasteiger partial charge in [-0.15, -0.1) is 0 Å². The van der Waals surface area contributed by atoms with Crippen LogP contribution < -0.4 is 0 Å². The predicted molar refractivity (Wildman–Crippen MR) is 60.8 cm³/mol. The molecule has 3 nitrogen and oxygen atoms in total. The molecule has 0 radical (unpaired) electrons. The molecule has 1 aliphatic rings. The molecule has 0 aromatic carbocycles. The molecule has 0 spiro atoms. The third kappa shape index (κ3) is 3.58. The normalized spacial score (nSPS) is 31.5. The Balaban J connectivity index is 2.50. The molecule has 1 saturated heterocycles. The highest BCUT2D eigenvalue weighted by atomic mass is 16.3. The average molecular weight is 213 g/mol. The van der Waals surface area contributed by atoms with E-state index in [9.17, 15) is 9.90 Å². The minimum atomic E-state index is -0.560. The molecule has 2 atom stereocenters. The maximum atomic E-state index is 11.1. The van der Waals surface area contributed by atoms with E-state index in [0.29, 0.717) is 6.54 Å². The number of aliphatic hydroxyl groups is 1. The van der Waals surface area contributed by atoms with Gasteiger partial charge in [0.05, 0.1) is 5.60 Å². The largest absolute Gasteiger partial charge is 0.389 e. The van der Waals surface area contributed by atoms with Crippen LogP contribution in [0.25, 0.3) is 0 Å². The number of nitrogens with zero attached hydrogens (tertiary/aromatic N) is 1. The molecule has 0 aliphatic carbocycles. The van der Waals surface area contributed by atoms with Crippen molar-refractivity contribution in [3.05, 3.63) is 0 Å². The lowest BCUT2D eigenvalue weighted by Gasteiger charge is -2.29. The number of hydrogen-bond acceptors (Lipinski definition) is 3. The van der Waals surface area contributed by atoms with E-state index >= 15 is 0 Å². The Morgan fingerprint density at radius 1 is 1.60 bits per heavy atom. The number of rotatable bonds is 5. The Morgan fingerprint density at radius 3 is 2.67 bits per heavy atom. The van der Waals surface area contributed by atoms with E-state index in [-0.39, 0.29) is 5.41 Å². The first-order valence-electron chi connectivity index (χ1n) is 5.82. The van der Waals surface area contributed by atoms with Crippen LogP contribution in [0.5, 0.6) is 0 Å². The van der Waals surface area contributed by atoms with Crippen LogP contribution in [0.1, 0.15) is 40.0 Å².